The van der Waals surface area contributed by atoms with Gasteiger partial charge >= 0.3 is 0 Å². The van der Waals surface area contributed by atoms with E-state index in [4.69, 9.17) is 4.42 Å². The van der Waals surface area contributed by atoms with Gasteiger partial charge < -0.3 is 14.4 Å². The molecule has 1 saturated heterocycles. The normalized spacial score (nSPS) is 18.2. The Bertz CT molecular complexity index is 1170. The van der Waals surface area contributed by atoms with Crippen molar-refractivity contribution in [3.8, 4) is 0 Å². The smallest absolute Gasteiger partial charge is 0.296 e. The number of Topliss-reactive ketones (excluding diaryl/α,β-unsaturated/α-hetero) is 1. The van der Waals surface area contributed by atoms with Crippen LogP contribution in [0, 0.1) is 13.8 Å². The van der Waals surface area contributed by atoms with Crippen LogP contribution in [-0.2, 0) is 16.1 Å². The third-order valence-corrected chi connectivity index (χ3v) is 5.95. The molecule has 3 heterocycles. The molecule has 6 nitrogen and oxygen atoms in total. The van der Waals surface area contributed by atoms with Gasteiger partial charge in [0.15, 0.2) is 0 Å². The summed E-state index contributed by atoms with van der Waals surface area (Å²) in [5.41, 5.74) is 1.99. The zero-order valence-electron chi connectivity index (χ0n) is 16.4. The topological polar surface area (TPSA) is 83.6 Å². The summed E-state index contributed by atoms with van der Waals surface area (Å²) in [6.07, 6.45) is 1.63. The first-order valence-corrected chi connectivity index (χ1v) is 10.2. The molecule has 3 aromatic rings. The predicted molar refractivity (Wildman–Crippen MR) is 114 cm³/mol. The molecule has 1 N–H and O–H groups in total. The van der Waals surface area contributed by atoms with Crippen LogP contribution in [0.15, 0.2) is 69.2 Å². The molecule has 0 spiro atoms. The summed E-state index contributed by atoms with van der Waals surface area (Å²) in [4.78, 5) is 31.6. The van der Waals surface area contributed by atoms with E-state index in [-0.39, 0.29) is 17.9 Å². The van der Waals surface area contributed by atoms with Gasteiger partial charge in [0.1, 0.15) is 23.3 Å². The minimum atomic E-state index is -0.843. The third-order valence-electron chi connectivity index (χ3n) is 5.06. The molecule has 0 saturated carbocycles. The molecule has 7 heteroatoms. The molecule has 1 aliphatic heterocycles. The van der Waals surface area contributed by atoms with Crippen LogP contribution in [0.1, 0.15) is 34.4 Å². The van der Waals surface area contributed by atoms with Crippen LogP contribution in [0.2, 0.25) is 0 Å². The molecule has 2 aromatic heterocycles. The number of hydrogen-bond donors (Lipinski definition) is 1. The molecule has 1 aliphatic rings. The number of aromatic nitrogens is 1. The molecular formula is C23H19BrN2O4. The maximum absolute atomic E-state index is 13.0. The standard InChI is InChI=1S/C23H19BrN2O4/c1-13-11-15(7-8-17(13)24)21(27)19-20(18-9-6-14(2)30-18)26(23(29)22(19)28)12-16-5-3-4-10-25-16/h3-11,20,27H,12H2,1-2H3/b21-19-. The lowest BCUT2D eigenvalue weighted by Crippen LogP contribution is -2.29. The summed E-state index contributed by atoms with van der Waals surface area (Å²) in [5.74, 6) is -0.615. The number of aliphatic hydroxyl groups excluding tert-OH is 1. The lowest BCUT2D eigenvalue weighted by Gasteiger charge is -2.23. The summed E-state index contributed by atoms with van der Waals surface area (Å²) in [6, 6.07) is 13.3. The molecule has 0 aliphatic carbocycles. The van der Waals surface area contributed by atoms with Gasteiger partial charge in [-0.15, -0.1) is 0 Å². The predicted octanol–water partition coefficient (Wildman–Crippen LogP) is 4.68. The fourth-order valence-corrected chi connectivity index (χ4v) is 3.80. The Morgan fingerprint density at radius 2 is 1.97 bits per heavy atom. The largest absolute Gasteiger partial charge is 0.507 e. The van der Waals surface area contributed by atoms with E-state index in [1.54, 1.807) is 55.6 Å². The number of nitrogens with zero attached hydrogens (tertiary/aromatic N) is 2. The van der Waals surface area contributed by atoms with Crippen molar-refractivity contribution in [3.63, 3.8) is 0 Å². The number of aryl methyl sites for hydroxylation is 2. The Balaban J connectivity index is 1.86. The van der Waals surface area contributed by atoms with Crippen LogP contribution in [0.25, 0.3) is 5.76 Å². The monoisotopic (exact) mass is 466 g/mol. The molecule has 1 unspecified atom stereocenters. The second kappa shape index (κ2) is 7.91. The fraction of sp³-hybridized carbons (Fsp3) is 0.174. The van der Waals surface area contributed by atoms with Gasteiger partial charge in [-0.1, -0.05) is 28.1 Å². The summed E-state index contributed by atoms with van der Waals surface area (Å²) < 4.78 is 6.65. The molecule has 0 radical (unpaired) electrons. The molecule has 1 fully saturated rings. The zero-order valence-corrected chi connectivity index (χ0v) is 18.0. The number of halogens is 1. The lowest BCUT2D eigenvalue weighted by atomic mass is 9.98. The first-order chi connectivity index (χ1) is 14.4. The highest BCUT2D eigenvalue weighted by Crippen LogP contribution is 2.41. The van der Waals surface area contributed by atoms with Crippen LogP contribution in [0.5, 0.6) is 0 Å². The lowest BCUT2D eigenvalue weighted by molar-refractivity contribution is -0.140. The number of aliphatic hydroxyl groups is 1. The van der Waals surface area contributed by atoms with Crippen LogP contribution in [0.3, 0.4) is 0 Å². The Morgan fingerprint density at radius 1 is 1.17 bits per heavy atom. The zero-order chi connectivity index (χ0) is 21.4. The summed E-state index contributed by atoms with van der Waals surface area (Å²) in [7, 11) is 0. The van der Waals surface area contributed by atoms with E-state index in [9.17, 15) is 14.7 Å². The first-order valence-electron chi connectivity index (χ1n) is 9.38. The van der Waals surface area contributed by atoms with Gasteiger partial charge in [0.2, 0.25) is 0 Å². The highest BCUT2D eigenvalue weighted by molar-refractivity contribution is 9.10. The number of likely N-dealkylation sites (tertiary alicyclic amines) is 1. The van der Waals surface area contributed by atoms with Gasteiger partial charge in [0, 0.05) is 16.2 Å². The molecule has 30 heavy (non-hydrogen) atoms. The van der Waals surface area contributed by atoms with Crippen molar-refractivity contribution < 1.29 is 19.1 Å². The Kier molecular flexibility index (Phi) is 5.30. The highest BCUT2D eigenvalue weighted by atomic mass is 79.9. The van der Waals surface area contributed by atoms with Gasteiger partial charge in [-0.3, -0.25) is 14.6 Å². The Morgan fingerprint density at radius 3 is 2.60 bits per heavy atom. The number of hydrogen-bond acceptors (Lipinski definition) is 5. The molecule has 1 atom stereocenters. The second-order valence-electron chi connectivity index (χ2n) is 7.16. The summed E-state index contributed by atoms with van der Waals surface area (Å²) in [6.45, 7) is 3.78. The van der Waals surface area contributed by atoms with Crippen molar-refractivity contribution in [2.75, 3.05) is 0 Å². The minimum absolute atomic E-state index is 0.00648. The Labute approximate surface area is 182 Å². The van der Waals surface area contributed by atoms with Crippen molar-refractivity contribution >= 4 is 33.4 Å². The van der Waals surface area contributed by atoms with Crippen LogP contribution in [0.4, 0.5) is 0 Å². The van der Waals surface area contributed by atoms with Gasteiger partial charge in [-0.2, -0.15) is 0 Å². The molecule has 0 bridgehead atoms. The second-order valence-corrected chi connectivity index (χ2v) is 8.01. The van der Waals surface area contributed by atoms with Crippen molar-refractivity contribution in [2.24, 2.45) is 0 Å². The molecule has 1 aromatic carbocycles. The van der Waals surface area contributed by atoms with E-state index < -0.39 is 17.7 Å². The van der Waals surface area contributed by atoms with E-state index in [0.717, 1.165) is 10.0 Å². The number of rotatable bonds is 4. The molecule has 152 valence electrons. The minimum Gasteiger partial charge on any atom is -0.507 e. The van der Waals surface area contributed by atoms with Crippen LogP contribution >= 0.6 is 15.9 Å². The highest BCUT2D eigenvalue weighted by Gasteiger charge is 2.47. The SMILES string of the molecule is Cc1ccc(C2/C(=C(/O)c3ccc(Br)c(C)c3)C(=O)C(=O)N2Cc2ccccn2)o1. The average molecular weight is 467 g/mol. The Hall–Kier alpha value is -3.19. The summed E-state index contributed by atoms with van der Waals surface area (Å²) in [5, 5.41) is 11.1. The van der Waals surface area contributed by atoms with E-state index in [0.29, 0.717) is 22.8 Å². The fourth-order valence-electron chi connectivity index (χ4n) is 3.55. The number of ketones is 1. The van der Waals surface area contributed by atoms with Crippen molar-refractivity contribution in [1.82, 2.24) is 9.88 Å². The maximum Gasteiger partial charge on any atom is 0.296 e. The van der Waals surface area contributed by atoms with Gasteiger partial charge in [-0.05, 0) is 55.8 Å². The first kappa shape index (κ1) is 20.1. The van der Waals surface area contributed by atoms with Crippen LogP contribution < -0.4 is 0 Å². The average Bonchev–Trinajstić information content (AvgIpc) is 3.26. The number of pyridine rings is 1. The molecular weight excluding hydrogens is 448 g/mol. The molecule has 4 rings (SSSR count). The number of furan rings is 1. The number of carbonyl (C=O) groups is 2. The van der Waals surface area contributed by atoms with Gasteiger partial charge in [0.05, 0.1) is 17.8 Å². The van der Waals surface area contributed by atoms with E-state index in [2.05, 4.69) is 20.9 Å². The summed E-state index contributed by atoms with van der Waals surface area (Å²) >= 11 is 3.43. The van der Waals surface area contributed by atoms with Crippen molar-refractivity contribution in [1.29, 1.82) is 0 Å². The van der Waals surface area contributed by atoms with Gasteiger partial charge in [-0.25, -0.2) is 0 Å². The number of carbonyl (C=O) groups excluding carboxylic acids is 2. The number of amides is 1. The van der Waals surface area contributed by atoms with Crippen molar-refractivity contribution in [2.45, 2.75) is 26.4 Å². The van der Waals surface area contributed by atoms with E-state index >= 15 is 0 Å². The van der Waals surface area contributed by atoms with Crippen molar-refractivity contribution in [3.05, 3.63) is 93.1 Å². The maximum atomic E-state index is 13.0. The van der Waals surface area contributed by atoms with E-state index in [1.165, 1.54) is 4.90 Å². The molecule has 1 amide bonds. The third kappa shape index (κ3) is 3.57. The van der Waals surface area contributed by atoms with E-state index in [1.807, 2.05) is 13.0 Å². The van der Waals surface area contributed by atoms with Gasteiger partial charge in [0.25, 0.3) is 11.7 Å². The van der Waals surface area contributed by atoms with Crippen LogP contribution in [-0.4, -0.2) is 26.7 Å². The quantitative estimate of drug-likeness (QED) is 0.343. The number of benzene rings is 1.